The number of piperazine rings is 1. The summed E-state index contributed by atoms with van der Waals surface area (Å²) in [5.74, 6) is 0.957. The normalized spacial score (nSPS) is 15.1. The number of ether oxygens (including phenoxy) is 1. The van der Waals surface area contributed by atoms with Crippen LogP contribution in [0.2, 0.25) is 0 Å². The molecule has 8 nitrogen and oxygen atoms in total. The Morgan fingerprint density at radius 2 is 2.04 bits per heavy atom. The predicted octanol–water partition coefficient (Wildman–Crippen LogP) is 0.854. The summed E-state index contributed by atoms with van der Waals surface area (Å²) in [5, 5.41) is 6.24. The van der Waals surface area contributed by atoms with Crippen molar-refractivity contribution in [1.29, 1.82) is 0 Å². The van der Waals surface area contributed by atoms with Crippen molar-refractivity contribution < 1.29 is 9.53 Å². The van der Waals surface area contributed by atoms with Crippen molar-refractivity contribution in [3.8, 4) is 0 Å². The van der Waals surface area contributed by atoms with Gasteiger partial charge < -0.3 is 20.3 Å². The third-order valence-electron chi connectivity index (χ3n) is 4.50. The Morgan fingerprint density at radius 3 is 2.68 bits per heavy atom. The molecule has 0 spiro atoms. The second-order valence-corrected chi connectivity index (χ2v) is 6.54. The first-order chi connectivity index (χ1) is 13.1. The molecule has 1 aromatic heterocycles. The zero-order valence-corrected chi connectivity index (χ0v) is 19.4. The maximum Gasteiger partial charge on any atom is 0.234 e. The van der Waals surface area contributed by atoms with E-state index in [9.17, 15) is 4.79 Å². The molecule has 158 valence electrons. The van der Waals surface area contributed by atoms with Crippen molar-refractivity contribution in [1.82, 2.24) is 25.4 Å². The number of rotatable bonds is 8. The summed E-state index contributed by atoms with van der Waals surface area (Å²) in [5.41, 5.74) is 2.15. The van der Waals surface area contributed by atoms with Crippen LogP contribution in [0.1, 0.15) is 18.2 Å². The third kappa shape index (κ3) is 8.27. The van der Waals surface area contributed by atoms with E-state index < -0.39 is 0 Å². The van der Waals surface area contributed by atoms with E-state index in [1.54, 1.807) is 13.3 Å². The van der Waals surface area contributed by atoms with Gasteiger partial charge in [0.2, 0.25) is 5.91 Å². The van der Waals surface area contributed by atoms with Gasteiger partial charge in [-0.25, -0.2) is 4.99 Å². The highest BCUT2D eigenvalue weighted by molar-refractivity contribution is 14.0. The van der Waals surface area contributed by atoms with Gasteiger partial charge in [0.1, 0.15) is 0 Å². The minimum absolute atomic E-state index is 0. The topological polar surface area (TPSA) is 82.1 Å². The Hall–Kier alpha value is -1.46. The van der Waals surface area contributed by atoms with Gasteiger partial charge >= 0.3 is 0 Å². The molecule has 0 saturated carbocycles. The first-order valence-corrected chi connectivity index (χ1v) is 9.55. The molecule has 1 amide bonds. The van der Waals surface area contributed by atoms with Crippen LogP contribution in [0.5, 0.6) is 0 Å². The van der Waals surface area contributed by atoms with Crippen LogP contribution >= 0.6 is 24.0 Å². The number of aliphatic imine (C=N–C) groups is 1. The standard InChI is InChI=1S/C19H32N6O2.HI/c1-4-20-19(23-14-17-16(2)6-5-7-21-17)25-11-9-24(10-12-25)15-18(26)22-8-13-27-3;/h5-7H,4,8-15H2,1-3H3,(H,20,23)(H,22,26);1H. The predicted molar refractivity (Wildman–Crippen MR) is 122 cm³/mol. The molecule has 1 aromatic rings. The van der Waals surface area contributed by atoms with Gasteiger partial charge in [-0.2, -0.15) is 0 Å². The van der Waals surface area contributed by atoms with Crippen LogP contribution in [-0.2, 0) is 16.1 Å². The van der Waals surface area contributed by atoms with E-state index in [1.165, 1.54) is 0 Å². The number of carbonyl (C=O) groups excluding carboxylic acids is 1. The van der Waals surface area contributed by atoms with Gasteiger partial charge in [0.05, 0.1) is 25.4 Å². The van der Waals surface area contributed by atoms with Crippen LogP contribution in [0, 0.1) is 6.92 Å². The number of nitrogens with one attached hydrogen (secondary N) is 2. The Morgan fingerprint density at radius 1 is 1.29 bits per heavy atom. The van der Waals surface area contributed by atoms with Gasteiger partial charge in [-0.1, -0.05) is 6.07 Å². The molecule has 0 unspecified atom stereocenters. The van der Waals surface area contributed by atoms with Crippen molar-refractivity contribution in [3.05, 3.63) is 29.6 Å². The van der Waals surface area contributed by atoms with Crippen LogP contribution in [0.3, 0.4) is 0 Å². The molecule has 1 aliphatic heterocycles. The number of amides is 1. The van der Waals surface area contributed by atoms with Crippen molar-refractivity contribution in [3.63, 3.8) is 0 Å². The first kappa shape index (κ1) is 24.6. The lowest BCUT2D eigenvalue weighted by molar-refractivity contribution is -0.122. The van der Waals surface area contributed by atoms with E-state index in [2.05, 4.69) is 45.3 Å². The van der Waals surface area contributed by atoms with E-state index in [1.807, 2.05) is 6.07 Å². The lowest BCUT2D eigenvalue weighted by atomic mass is 10.2. The average Bonchev–Trinajstić information content (AvgIpc) is 2.67. The summed E-state index contributed by atoms with van der Waals surface area (Å²) in [4.78, 5) is 25.5. The quantitative estimate of drug-likeness (QED) is 0.237. The van der Waals surface area contributed by atoms with E-state index in [-0.39, 0.29) is 29.9 Å². The molecule has 0 aliphatic carbocycles. The van der Waals surface area contributed by atoms with E-state index in [4.69, 9.17) is 9.73 Å². The highest BCUT2D eigenvalue weighted by atomic mass is 127. The van der Waals surface area contributed by atoms with Gasteiger partial charge in [-0.05, 0) is 25.5 Å². The SMILES string of the molecule is CCNC(=NCc1ncccc1C)N1CCN(CC(=O)NCCOC)CC1.I. The Labute approximate surface area is 185 Å². The molecule has 0 aromatic carbocycles. The van der Waals surface area contributed by atoms with Crippen molar-refractivity contribution in [2.75, 3.05) is 59.5 Å². The van der Waals surface area contributed by atoms with Gasteiger partial charge in [-0.15, -0.1) is 24.0 Å². The summed E-state index contributed by atoms with van der Waals surface area (Å²) in [7, 11) is 1.63. The second kappa shape index (κ2) is 13.7. The summed E-state index contributed by atoms with van der Waals surface area (Å²) in [6.07, 6.45) is 1.81. The molecule has 0 atom stereocenters. The molecule has 2 N–H and O–H groups in total. The maximum atomic E-state index is 11.9. The fourth-order valence-electron chi connectivity index (χ4n) is 2.93. The summed E-state index contributed by atoms with van der Waals surface area (Å²) < 4.78 is 4.95. The zero-order chi connectivity index (χ0) is 19.5. The van der Waals surface area contributed by atoms with Crippen LogP contribution in [0.15, 0.2) is 23.3 Å². The van der Waals surface area contributed by atoms with Crippen LogP contribution in [0.25, 0.3) is 0 Å². The summed E-state index contributed by atoms with van der Waals surface area (Å²) in [6.45, 7) is 10.4. The number of pyridine rings is 1. The molecule has 28 heavy (non-hydrogen) atoms. The number of methoxy groups -OCH3 is 1. The van der Waals surface area contributed by atoms with E-state index in [0.29, 0.717) is 26.2 Å². The summed E-state index contributed by atoms with van der Waals surface area (Å²) >= 11 is 0. The lowest BCUT2D eigenvalue weighted by Gasteiger charge is -2.36. The summed E-state index contributed by atoms with van der Waals surface area (Å²) in [6, 6.07) is 4.00. The zero-order valence-electron chi connectivity index (χ0n) is 17.1. The van der Waals surface area contributed by atoms with Gasteiger partial charge in [0.15, 0.2) is 5.96 Å². The minimum Gasteiger partial charge on any atom is -0.383 e. The van der Waals surface area contributed by atoms with Crippen molar-refractivity contribution >= 4 is 35.8 Å². The smallest absolute Gasteiger partial charge is 0.234 e. The number of aromatic nitrogens is 1. The molecule has 2 rings (SSSR count). The number of hydrogen-bond acceptors (Lipinski definition) is 5. The fourth-order valence-corrected chi connectivity index (χ4v) is 2.93. The highest BCUT2D eigenvalue weighted by Crippen LogP contribution is 2.07. The van der Waals surface area contributed by atoms with E-state index in [0.717, 1.165) is 49.9 Å². The number of halogens is 1. The highest BCUT2D eigenvalue weighted by Gasteiger charge is 2.21. The molecular weight excluding hydrogens is 471 g/mol. The monoisotopic (exact) mass is 504 g/mol. The molecule has 1 saturated heterocycles. The molecular formula is C19H33IN6O2. The molecule has 1 fully saturated rings. The van der Waals surface area contributed by atoms with E-state index >= 15 is 0 Å². The van der Waals surface area contributed by atoms with Crippen LogP contribution in [-0.4, -0.2) is 86.2 Å². The number of carbonyl (C=O) groups is 1. The number of nitrogens with zero attached hydrogens (tertiary/aromatic N) is 4. The largest absolute Gasteiger partial charge is 0.383 e. The molecule has 0 bridgehead atoms. The second-order valence-electron chi connectivity index (χ2n) is 6.54. The van der Waals surface area contributed by atoms with Gasteiger partial charge in [-0.3, -0.25) is 14.7 Å². The molecule has 2 heterocycles. The maximum absolute atomic E-state index is 11.9. The van der Waals surface area contributed by atoms with Gasteiger partial charge in [0, 0.05) is 52.6 Å². The lowest BCUT2D eigenvalue weighted by Crippen LogP contribution is -2.54. The van der Waals surface area contributed by atoms with Crippen LogP contribution < -0.4 is 10.6 Å². The van der Waals surface area contributed by atoms with Crippen molar-refractivity contribution in [2.45, 2.75) is 20.4 Å². The number of hydrogen-bond donors (Lipinski definition) is 2. The van der Waals surface area contributed by atoms with Crippen LogP contribution in [0.4, 0.5) is 0 Å². The first-order valence-electron chi connectivity index (χ1n) is 9.55. The molecule has 1 aliphatic rings. The van der Waals surface area contributed by atoms with Gasteiger partial charge in [0.25, 0.3) is 0 Å². The Balaban J connectivity index is 0.00000392. The Kier molecular flexibility index (Phi) is 12.0. The average molecular weight is 504 g/mol. The number of guanidine groups is 1. The third-order valence-corrected chi connectivity index (χ3v) is 4.50. The minimum atomic E-state index is 0. The fraction of sp³-hybridized carbons (Fsp3) is 0.632. The molecule has 0 radical (unpaired) electrons. The molecule has 9 heteroatoms. The Bertz CT molecular complexity index is 620. The number of aryl methyl sites for hydroxylation is 1. The van der Waals surface area contributed by atoms with Crippen molar-refractivity contribution in [2.24, 2.45) is 4.99 Å².